The number of piperazine rings is 1. The summed E-state index contributed by atoms with van der Waals surface area (Å²) in [6.45, 7) is 4.46. The molecule has 0 aliphatic carbocycles. The second-order valence-electron chi connectivity index (χ2n) is 8.01. The van der Waals surface area contributed by atoms with Gasteiger partial charge in [-0.25, -0.2) is 4.98 Å². The molecule has 9 nitrogen and oxygen atoms in total. The second-order valence-corrected chi connectivity index (χ2v) is 8.01. The summed E-state index contributed by atoms with van der Waals surface area (Å²) >= 11 is 0. The highest BCUT2D eigenvalue weighted by molar-refractivity contribution is 5.74. The molecule has 5 heterocycles. The average Bonchev–Trinajstić information content (AvgIpc) is 3.42. The van der Waals surface area contributed by atoms with E-state index in [1.807, 2.05) is 37.4 Å². The van der Waals surface area contributed by atoms with Crippen molar-refractivity contribution in [2.75, 3.05) is 23.3 Å². The van der Waals surface area contributed by atoms with Crippen molar-refractivity contribution in [1.82, 2.24) is 34.9 Å². The molecule has 0 spiro atoms. The minimum atomic E-state index is 0.534. The van der Waals surface area contributed by atoms with Crippen molar-refractivity contribution in [1.29, 1.82) is 0 Å². The largest absolute Gasteiger partial charge is 0.347 e. The van der Waals surface area contributed by atoms with Crippen LogP contribution in [0.1, 0.15) is 24.2 Å². The number of fused-ring (bicyclic) bond motifs is 4. The average molecular weight is 389 g/mol. The van der Waals surface area contributed by atoms with Crippen molar-refractivity contribution in [3.05, 3.63) is 41.9 Å². The van der Waals surface area contributed by atoms with Gasteiger partial charge in [-0.05, 0) is 31.9 Å². The van der Waals surface area contributed by atoms with Gasteiger partial charge in [0.05, 0.1) is 23.8 Å². The highest BCUT2D eigenvalue weighted by atomic mass is 15.4. The Hall–Kier alpha value is -3.20. The summed E-state index contributed by atoms with van der Waals surface area (Å²) in [5, 5.41) is 11.5. The van der Waals surface area contributed by atoms with Gasteiger partial charge < -0.3 is 20.5 Å². The van der Waals surface area contributed by atoms with Crippen molar-refractivity contribution in [2.24, 2.45) is 0 Å². The number of H-pyrrole nitrogens is 1. The number of benzene rings is 1. The second kappa shape index (κ2) is 6.41. The van der Waals surface area contributed by atoms with Gasteiger partial charge in [-0.15, -0.1) is 0 Å². The van der Waals surface area contributed by atoms with Crippen LogP contribution in [0.2, 0.25) is 0 Å². The van der Waals surface area contributed by atoms with E-state index < -0.39 is 0 Å². The number of aromatic amines is 1. The molecule has 4 aromatic rings. The molecule has 2 bridgehead atoms. The van der Waals surface area contributed by atoms with Crippen LogP contribution in [0.15, 0.2) is 30.5 Å². The third-order valence-electron chi connectivity index (χ3n) is 5.88. The van der Waals surface area contributed by atoms with Crippen LogP contribution >= 0.6 is 0 Å². The molecule has 2 fully saturated rings. The van der Waals surface area contributed by atoms with E-state index in [1.165, 1.54) is 12.8 Å². The topological polar surface area (TPSA) is 99.1 Å². The molecule has 2 aliphatic rings. The zero-order valence-corrected chi connectivity index (χ0v) is 16.3. The van der Waals surface area contributed by atoms with Crippen molar-refractivity contribution in [2.45, 2.75) is 38.4 Å². The van der Waals surface area contributed by atoms with Gasteiger partial charge in [-0.3, -0.25) is 0 Å². The Labute approximate surface area is 167 Å². The predicted molar refractivity (Wildman–Crippen MR) is 111 cm³/mol. The van der Waals surface area contributed by atoms with E-state index in [4.69, 9.17) is 9.97 Å². The normalized spacial score (nSPS) is 21.3. The summed E-state index contributed by atoms with van der Waals surface area (Å²) in [5.41, 5.74) is 3.87. The number of aromatic nitrogens is 6. The standard InChI is InChI=1S/C20H23N9/c1-12-8-22-29-18(12)26-20(28-10-13-6-7-14(11-28)23-13)27-19(29)21-9-17-24-15-4-2-3-5-16(15)25-17/h2-5,8,13-14,23H,6-7,9-11H2,1H3,(H,24,25)(H,21,26,27). The van der Waals surface area contributed by atoms with Gasteiger partial charge in [0, 0.05) is 30.7 Å². The van der Waals surface area contributed by atoms with Crippen LogP contribution in [0.3, 0.4) is 0 Å². The Morgan fingerprint density at radius 2 is 1.93 bits per heavy atom. The summed E-state index contributed by atoms with van der Waals surface area (Å²) in [6, 6.07) is 9.10. The first-order valence-electron chi connectivity index (χ1n) is 10.1. The molecule has 0 saturated carbocycles. The number of imidazole rings is 1. The first-order valence-corrected chi connectivity index (χ1v) is 10.1. The lowest BCUT2D eigenvalue weighted by Gasteiger charge is -2.33. The number of para-hydroxylation sites is 2. The van der Waals surface area contributed by atoms with Gasteiger partial charge in [0.25, 0.3) is 0 Å². The smallest absolute Gasteiger partial charge is 0.230 e. The molecule has 2 atom stereocenters. The summed E-state index contributed by atoms with van der Waals surface area (Å²) in [6.07, 6.45) is 4.29. The quantitative estimate of drug-likeness (QED) is 0.490. The molecule has 0 amide bonds. The van der Waals surface area contributed by atoms with Crippen LogP contribution in [0.5, 0.6) is 0 Å². The van der Waals surface area contributed by atoms with E-state index in [2.05, 4.69) is 30.6 Å². The van der Waals surface area contributed by atoms with Crippen molar-refractivity contribution in [3.63, 3.8) is 0 Å². The van der Waals surface area contributed by atoms with Crippen molar-refractivity contribution in [3.8, 4) is 0 Å². The fourth-order valence-corrected chi connectivity index (χ4v) is 4.44. The highest BCUT2D eigenvalue weighted by Gasteiger charge is 2.33. The van der Waals surface area contributed by atoms with Gasteiger partial charge in [0.2, 0.25) is 11.9 Å². The summed E-state index contributed by atoms with van der Waals surface area (Å²) in [7, 11) is 0. The van der Waals surface area contributed by atoms with Crippen LogP contribution in [0.4, 0.5) is 11.9 Å². The molecular formula is C20H23N9. The minimum absolute atomic E-state index is 0.534. The van der Waals surface area contributed by atoms with Crippen LogP contribution in [-0.4, -0.2) is 54.7 Å². The van der Waals surface area contributed by atoms with Crippen LogP contribution in [0.25, 0.3) is 16.7 Å². The zero-order chi connectivity index (χ0) is 19.4. The lowest BCUT2D eigenvalue weighted by atomic mass is 10.2. The van der Waals surface area contributed by atoms with E-state index in [0.717, 1.165) is 47.1 Å². The third kappa shape index (κ3) is 2.89. The zero-order valence-electron chi connectivity index (χ0n) is 16.3. The van der Waals surface area contributed by atoms with Crippen molar-refractivity contribution < 1.29 is 0 Å². The maximum atomic E-state index is 4.84. The third-order valence-corrected chi connectivity index (χ3v) is 5.88. The van der Waals surface area contributed by atoms with Crippen LogP contribution in [-0.2, 0) is 6.54 Å². The summed E-state index contributed by atoms with van der Waals surface area (Å²) < 4.78 is 1.78. The molecule has 29 heavy (non-hydrogen) atoms. The molecule has 6 rings (SSSR count). The lowest BCUT2D eigenvalue weighted by molar-refractivity contribution is 0.460. The first-order chi connectivity index (χ1) is 14.2. The van der Waals surface area contributed by atoms with Crippen molar-refractivity contribution >= 4 is 28.6 Å². The molecule has 3 aromatic heterocycles. The van der Waals surface area contributed by atoms with E-state index in [-0.39, 0.29) is 0 Å². The molecule has 0 radical (unpaired) electrons. The van der Waals surface area contributed by atoms with E-state index >= 15 is 0 Å². The molecule has 148 valence electrons. The monoisotopic (exact) mass is 389 g/mol. The van der Waals surface area contributed by atoms with E-state index in [1.54, 1.807) is 4.52 Å². The number of nitrogens with zero attached hydrogens (tertiary/aromatic N) is 6. The Kier molecular flexibility index (Phi) is 3.70. The molecule has 9 heteroatoms. The van der Waals surface area contributed by atoms with E-state index in [0.29, 0.717) is 24.6 Å². The number of aryl methyl sites for hydroxylation is 1. The molecule has 2 saturated heterocycles. The highest BCUT2D eigenvalue weighted by Crippen LogP contribution is 2.25. The van der Waals surface area contributed by atoms with Gasteiger partial charge in [-0.2, -0.15) is 19.6 Å². The fraction of sp³-hybridized carbons (Fsp3) is 0.400. The SMILES string of the molecule is Cc1cnn2c(NCc3nc4ccccc4[nH]3)nc(N3CC4CCC(C3)N4)nc12. The Morgan fingerprint density at radius 1 is 1.10 bits per heavy atom. The molecule has 3 N–H and O–H groups in total. The molecule has 1 aromatic carbocycles. The Bertz CT molecular complexity index is 1150. The summed E-state index contributed by atoms with van der Waals surface area (Å²) in [4.78, 5) is 20.0. The van der Waals surface area contributed by atoms with Crippen LogP contribution < -0.4 is 15.5 Å². The van der Waals surface area contributed by atoms with Gasteiger partial charge >= 0.3 is 0 Å². The Morgan fingerprint density at radius 3 is 2.76 bits per heavy atom. The maximum Gasteiger partial charge on any atom is 0.230 e. The van der Waals surface area contributed by atoms with Gasteiger partial charge in [-0.1, -0.05) is 12.1 Å². The van der Waals surface area contributed by atoms with Gasteiger partial charge in [0.15, 0.2) is 5.65 Å². The number of rotatable bonds is 4. The maximum absolute atomic E-state index is 4.84. The fourth-order valence-electron chi connectivity index (χ4n) is 4.44. The Balaban J connectivity index is 1.33. The lowest BCUT2D eigenvalue weighted by Crippen LogP contribution is -2.51. The molecule has 2 aliphatic heterocycles. The minimum Gasteiger partial charge on any atom is -0.347 e. The molecular weight excluding hydrogens is 366 g/mol. The van der Waals surface area contributed by atoms with E-state index in [9.17, 15) is 0 Å². The number of hydrogen-bond acceptors (Lipinski definition) is 7. The van der Waals surface area contributed by atoms with Crippen LogP contribution in [0, 0.1) is 6.92 Å². The number of nitrogens with one attached hydrogen (secondary N) is 3. The molecule has 2 unspecified atom stereocenters. The van der Waals surface area contributed by atoms with Gasteiger partial charge in [0.1, 0.15) is 5.82 Å². The first kappa shape index (κ1) is 16.7. The number of hydrogen-bond donors (Lipinski definition) is 3. The summed E-state index contributed by atoms with van der Waals surface area (Å²) in [5.74, 6) is 2.32. The number of anilines is 2. The predicted octanol–water partition coefficient (Wildman–Crippen LogP) is 1.86.